The molecule has 1 aromatic carbocycles. The molecule has 0 aliphatic rings. The van der Waals surface area contributed by atoms with Crippen LogP contribution in [0.1, 0.15) is 45.2 Å². The van der Waals surface area contributed by atoms with Crippen molar-refractivity contribution in [1.29, 1.82) is 0 Å². The highest BCUT2D eigenvalue weighted by atomic mass is 32.2. The van der Waals surface area contributed by atoms with Crippen LogP contribution in [0.25, 0.3) is 0 Å². The van der Waals surface area contributed by atoms with Crippen LogP contribution >= 0.6 is 0 Å². The summed E-state index contributed by atoms with van der Waals surface area (Å²) in [5.41, 5.74) is -0.124. The fourth-order valence-electron chi connectivity index (χ4n) is 1.80. The van der Waals surface area contributed by atoms with Crippen LogP contribution in [0.2, 0.25) is 0 Å². The van der Waals surface area contributed by atoms with E-state index in [1.165, 1.54) is 0 Å². The summed E-state index contributed by atoms with van der Waals surface area (Å²) in [5.74, 6) is -0.366. The van der Waals surface area contributed by atoms with Crippen molar-refractivity contribution in [3.8, 4) is 0 Å². The van der Waals surface area contributed by atoms with Crippen LogP contribution in [0.15, 0.2) is 18.2 Å². The Morgan fingerprint density at radius 1 is 1.35 bits per heavy atom. The fraction of sp³-hybridized carbons (Fsp3) is 0.533. The number of carbonyl (C=O) groups is 1. The second kappa shape index (κ2) is 6.24. The second-order valence-corrected chi connectivity index (χ2v) is 8.09. The number of aryl methyl sites for hydroxylation is 1. The average molecular weight is 299 g/mol. The Hall–Kier alpha value is -0.910. The van der Waals surface area contributed by atoms with Gasteiger partial charge in [0.25, 0.3) is 0 Å². The zero-order valence-corrected chi connectivity index (χ0v) is 13.4. The van der Waals surface area contributed by atoms with E-state index in [0.717, 1.165) is 0 Å². The second-order valence-electron chi connectivity index (χ2n) is 6.12. The van der Waals surface area contributed by atoms with E-state index in [0.29, 0.717) is 17.4 Å². The first-order valence-corrected chi connectivity index (χ1v) is 7.66. The molecule has 2 atom stereocenters. The molecule has 0 aromatic heterocycles. The highest BCUT2D eigenvalue weighted by molar-refractivity contribution is 7.90. The molecule has 20 heavy (non-hydrogen) atoms. The Bertz CT molecular complexity index is 487. The normalized spacial score (nSPS) is 16.6. The van der Waals surface area contributed by atoms with Crippen LogP contribution in [-0.4, -0.2) is 15.6 Å². The van der Waals surface area contributed by atoms with E-state index >= 15 is 0 Å². The van der Waals surface area contributed by atoms with Crippen molar-refractivity contribution in [3.63, 3.8) is 0 Å². The third-order valence-electron chi connectivity index (χ3n) is 3.15. The molecule has 0 unspecified atom stereocenters. The monoisotopic (exact) mass is 299 g/mol. The molecule has 0 spiro atoms. The van der Waals surface area contributed by atoms with Gasteiger partial charge in [-0.15, -0.1) is 4.72 Å². The molecule has 0 saturated carbocycles. The molecule has 0 heterocycles. The SMILES string of the molecule is Cc1cccc([C@](C)(CC=O)N[S@+]([O-])C(C)(C)C)c1F. The molecule has 0 amide bonds. The highest BCUT2D eigenvalue weighted by Crippen LogP contribution is 2.30. The van der Waals surface area contributed by atoms with Gasteiger partial charge in [0.1, 0.15) is 16.9 Å². The maximum absolute atomic E-state index is 14.3. The number of aldehydes is 1. The van der Waals surface area contributed by atoms with Gasteiger partial charge in [-0.05, 0) is 40.2 Å². The molecule has 112 valence electrons. The lowest BCUT2D eigenvalue weighted by Crippen LogP contribution is -2.50. The van der Waals surface area contributed by atoms with Gasteiger partial charge in [0, 0.05) is 23.3 Å². The Morgan fingerprint density at radius 3 is 2.45 bits per heavy atom. The van der Waals surface area contributed by atoms with E-state index in [2.05, 4.69) is 4.72 Å². The molecule has 0 fully saturated rings. The molecular weight excluding hydrogens is 277 g/mol. The molecule has 1 aromatic rings. The molecule has 0 bridgehead atoms. The Morgan fingerprint density at radius 2 is 1.95 bits per heavy atom. The molecule has 0 radical (unpaired) electrons. The Labute approximate surface area is 123 Å². The number of halogens is 1. The van der Waals surface area contributed by atoms with Gasteiger partial charge < -0.3 is 9.35 Å². The summed E-state index contributed by atoms with van der Waals surface area (Å²) in [5, 5.41) is 0. The summed E-state index contributed by atoms with van der Waals surface area (Å²) in [4.78, 5) is 11.0. The number of carbonyl (C=O) groups excluding carboxylic acids is 1. The van der Waals surface area contributed by atoms with Gasteiger partial charge in [-0.2, -0.15) is 0 Å². The minimum absolute atomic E-state index is 0.0508. The molecule has 0 aliphatic carbocycles. The van der Waals surface area contributed by atoms with Gasteiger partial charge in [-0.3, -0.25) is 0 Å². The van der Waals surface area contributed by atoms with Crippen LogP contribution in [0.4, 0.5) is 4.39 Å². The lowest BCUT2D eigenvalue weighted by atomic mass is 9.89. The fourth-order valence-corrected chi connectivity index (χ4v) is 2.71. The highest BCUT2D eigenvalue weighted by Gasteiger charge is 2.38. The molecule has 0 aliphatic heterocycles. The predicted octanol–water partition coefficient (Wildman–Crippen LogP) is 2.99. The molecule has 3 nitrogen and oxygen atoms in total. The van der Waals surface area contributed by atoms with Crippen molar-refractivity contribution in [2.45, 2.75) is 51.3 Å². The first-order chi connectivity index (χ1) is 9.12. The number of hydrogen-bond donors (Lipinski definition) is 1. The smallest absolute Gasteiger partial charge is 0.136 e. The summed E-state index contributed by atoms with van der Waals surface area (Å²) < 4.78 is 29.0. The third kappa shape index (κ3) is 3.81. The van der Waals surface area contributed by atoms with E-state index in [1.807, 2.05) is 20.8 Å². The zero-order valence-electron chi connectivity index (χ0n) is 12.6. The number of hydrogen-bond acceptors (Lipinski definition) is 3. The van der Waals surface area contributed by atoms with E-state index < -0.39 is 21.6 Å². The van der Waals surface area contributed by atoms with Gasteiger partial charge >= 0.3 is 0 Å². The lowest BCUT2D eigenvalue weighted by Gasteiger charge is -2.34. The van der Waals surface area contributed by atoms with Gasteiger partial charge in [0.2, 0.25) is 0 Å². The standard InChI is InChI=1S/C15H22FNO2S/c1-11-7-6-8-12(13(11)16)15(5,9-10-18)17-20(19)14(2,3)4/h6-8,10,17H,9H2,1-5H3/t15-,20+/m0/s1. The first-order valence-electron chi connectivity index (χ1n) is 6.51. The van der Waals surface area contributed by atoms with Crippen molar-refractivity contribution in [3.05, 3.63) is 35.1 Å². The van der Waals surface area contributed by atoms with Crippen molar-refractivity contribution in [2.24, 2.45) is 0 Å². The van der Waals surface area contributed by atoms with Gasteiger partial charge in [-0.25, -0.2) is 4.39 Å². The Kier molecular flexibility index (Phi) is 5.35. The molecule has 5 heteroatoms. The van der Waals surface area contributed by atoms with Gasteiger partial charge in [0.05, 0.1) is 5.54 Å². The van der Waals surface area contributed by atoms with Crippen molar-refractivity contribution < 1.29 is 13.7 Å². The molecule has 1 N–H and O–H groups in total. The molecule has 0 saturated heterocycles. The van der Waals surface area contributed by atoms with Gasteiger partial charge in [-0.1, -0.05) is 18.2 Å². The predicted molar refractivity (Wildman–Crippen MR) is 80.2 cm³/mol. The quantitative estimate of drug-likeness (QED) is 0.672. The van der Waals surface area contributed by atoms with Crippen LogP contribution in [0.3, 0.4) is 0 Å². The van der Waals surface area contributed by atoms with Crippen molar-refractivity contribution >= 4 is 17.6 Å². The topological polar surface area (TPSA) is 52.2 Å². The summed E-state index contributed by atoms with van der Waals surface area (Å²) >= 11 is -1.40. The number of rotatable bonds is 5. The van der Waals surface area contributed by atoms with E-state index in [4.69, 9.17) is 0 Å². The summed E-state index contributed by atoms with van der Waals surface area (Å²) in [6.07, 6.45) is 0.768. The zero-order chi connectivity index (χ0) is 15.6. The number of nitrogens with one attached hydrogen (secondary N) is 1. The largest absolute Gasteiger partial charge is 0.598 e. The summed E-state index contributed by atoms with van der Waals surface area (Å²) in [6.45, 7) is 8.84. The van der Waals surface area contributed by atoms with E-state index in [1.54, 1.807) is 32.0 Å². The first kappa shape index (κ1) is 17.1. The Balaban J connectivity index is 3.21. The minimum atomic E-state index is -1.40. The van der Waals surface area contributed by atoms with Crippen LogP contribution < -0.4 is 4.72 Å². The van der Waals surface area contributed by atoms with Crippen LogP contribution in [0.5, 0.6) is 0 Å². The summed E-state index contributed by atoms with van der Waals surface area (Å²) in [7, 11) is 0. The minimum Gasteiger partial charge on any atom is -0.598 e. The van der Waals surface area contributed by atoms with Gasteiger partial charge in [0.15, 0.2) is 0 Å². The van der Waals surface area contributed by atoms with Crippen molar-refractivity contribution in [1.82, 2.24) is 4.72 Å². The maximum Gasteiger partial charge on any atom is 0.136 e. The molecule has 1 rings (SSSR count). The van der Waals surface area contributed by atoms with Crippen LogP contribution in [0, 0.1) is 12.7 Å². The van der Waals surface area contributed by atoms with E-state index in [9.17, 15) is 13.7 Å². The van der Waals surface area contributed by atoms with Crippen LogP contribution in [-0.2, 0) is 21.7 Å². The van der Waals surface area contributed by atoms with Crippen molar-refractivity contribution in [2.75, 3.05) is 0 Å². The average Bonchev–Trinajstić information content (AvgIpc) is 2.31. The number of benzene rings is 1. The van der Waals surface area contributed by atoms with E-state index in [-0.39, 0.29) is 12.2 Å². The third-order valence-corrected chi connectivity index (χ3v) is 4.90. The molecular formula is C15H22FNO2S. The maximum atomic E-state index is 14.3. The summed E-state index contributed by atoms with van der Waals surface area (Å²) in [6, 6.07) is 5.03. The lowest BCUT2D eigenvalue weighted by molar-refractivity contribution is -0.108.